The number of nitrogen functional groups attached to an aromatic ring is 1. The number of ether oxygens (including phenoxy) is 1. The van der Waals surface area contributed by atoms with Gasteiger partial charge in [-0.25, -0.2) is 4.98 Å². The van der Waals surface area contributed by atoms with Crippen molar-refractivity contribution < 1.29 is 4.74 Å². The highest BCUT2D eigenvalue weighted by atomic mass is 35.5. The van der Waals surface area contributed by atoms with Crippen molar-refractivity contribution in [3.63, 3.8) is 0 Å². The molecular weight excluding hydrogens is 250 g/mol. The first-order valence-corrected chi connectivity index (χ1v) is 5.84. The Bertz CT molecular complexity index is 528. The van der Waals surface area contributed by atoms with Gasteiger partial charge in [-0.05, 0) is 23.8 Å². The number of halogens is 1. The van der Waals surface area contributed by atoms with Gasteiger partial charge in [-0.2, -0.15) is 0 Å². The topological polar surface area (TPSA) is 60.2 Å². The highest BCUT2D eigenvalue weighted by molar-refractivity contribution is 6.30. The molecule has 0 fully saturated rings. The molecule has 0 aliphatic carbocycles. The van der Waals surface area contributed by atoms with Gasteiger partial charge >= 0.3 is 0 Å². The van der Waals surface area contributed by atoms with E-state index in [0.717, 1.165) is 11.3 Å². The number of benzene rings is 1. The van der Waals surface area contributed by atoms with E-state index in [0.29, 0.717) is 23.1 Å². The summed E-state index contributed by atoms with van der Waals surface area (Å²) in [5.74, 6) is 1.47. The molecule has 18 heavy (non-hydrogen) atoms. The monoisotopic (exact) mass is 263 g/mol. The van der Waals surface area contributed by atoms with Crippen molar-refractivity contribution in [2.45, 2.75) is 6.54 Å². The van der Waals surface area contributed by atoms with Gasteiger partial charge in [0.1, 0.15) is 11.6 Å². The van der Waals surface area contributed by atoms with Crippen LogP contribution in [0.5, 0.6) is 5.75 Å². The van der Waals surface area contributed by atoms with Crippen LogP contribution in [-0.4, -0.2) is 12.1 Å². The van der Waals surface area contributed by atoms with Gasteiger partial charge in [-0.1, -0.05) is 23.7 Å². The van der Waals surface area contributed by atoms with E-state index in [1.54, 1.807) is 19.4 Å². The average Bonchev–Trinajstić information content (AvgIpc) is 2.38. The first-order chi connectivity index (χ1) is 8.69. The van der Waals surface area contributed by atoms with Crippen LogP contribution in [0.1, 0.15) is 5.56 Å². The van der Waals surface area contributed by atoms with Crippen molar-refractivity contribution >= 4 is 23.1 Å². The summed E-state index contributed by atoms with van der Waals surface area (Å²) in [6.45, 7) is 0.642. The van der Waals surface area contributed by atoms with E-state index in [4.69, 9.17) is 22.1 Å². The van der Waals surface area contributed by atoms with E-state index in [1.807, 2.05) is 24.3 Å². The van der Waals surface area contributed by atoms with Crippen LogP contribution in [-0.2, 0) is 6.54 Å². The Balaban J connectivity index is 2.02. The van der Waals surface area contributed by atoms with Crippen LogP contribution in [0.15, 0.2) is 36.5 Å². The highest BCUT2D eigenvalue weighted by Crippen LogP contribution is 2.20. The van der Waals surface area contributed by atoms with Crippen LogP contribution in [0.25, 0.3) is 0 Å². The summed E-state index contributed by atoms with van der Waals surface area (Å²) in [5, 5.41) is 3.69. The standard InChI is InChI=1S/C13H14ClN3O/c1-18-11-4-2-9(3-5-11)7-16-13-12(15)6-10(14)8-17-13/h2-6,8H,7,15H2,1H3,(H,16,17). The number of nitrogens with one attached hydrogen (secondary N) is 1. The summed E-state index contributed by atoms with van der Waals surface area (Å²) in [5.41, 5.74) is 7.46. The second-order valence-electron chi connectivity index (χ2n) is 3.79. The largest absolute Gasteiger partial charge is 0.497 e. The molecule has 0 unspecified atom stereocenters. The molecule has 1 aromatic carbocycles. The van der Waals surface area contributed by atoms with E-state index < -0.39 is 0 Å². The predicted molar refractivity (Wildman–Crippen MR) is 74.0 cm³/mol. The van der Waals surface area contributed by atoms with E-state index in [1.165, 1.54) is 0 Å². The van der Waals surface area contributed by atoms with Crippen LogP contribution >= 0.6 is 11.6 Å². The highest BCUT2D eigenvalue weighted by Gasteiger charge is 2.01. The van der Waals surface area contributed by atoms with E-state index in [-0.39, 0.29) is 0 Å². The lowest BCUT2D eigenvalue weighted by Crippen LogP contribution is -2.04. The molecule has 3 N–H and O–H groups in total. The zero-order chi connectivity index (χ0) is 13.0. The molecule has 2 rings (SSSR count). The number of hydrogen-bond donors (Lipinski definition) is 2. The fraction of sp³-hybridized carbons (Fsp3) is 0.154. The lowest BCUT2D eigenvalue weighted by molar-refractivity contribution is 0.414. The molecule has 0 spiro atoms. The maximum absolute atomic E-state index is 5.80. The number of nitrogens with zero attached hydrogens (tertiary/aromatic N) is 1. The zero-order valence-electron chi connectivity index (χ0n) is 9.98. The number of methoxy groups -OCH3 is 1. The maximum atomic E-state index is 5.80. The Morgan fingerprint density at radius 2 is 2.06 bits per heavy atom. The molecule has 5 heteroatoms. The fourth-order valence-corrected chi connectivity index (χ4v) is 1.70. The third kappa shape index (κ3) is 3.05. The number of aromatic nitrogens is 1. The molecule has 4 nitrogen and oxygen atoms in total. The Morgan fingerprint density at radius 3 is 2.67 bits per heavy atom. The Kier molecular flexibility index (Phi) is 3.89. The van der Waals surface area contributed by atoms with Crippen LogP contribution in [0, 0.1) is 0 Å². The van der Waals surface area contributed by atoms with Crippen molar-refractivity contribution in [3.8, 4) is 5.75 Å². The average molecular weight is 264 g/mol. The van der Waals surface area contributed by atoms with E-state index in [2.05, 4.69) is 10.3 Å². The summed E-state index contributed by atoms with van der Waals surface area (Å²) >= 11 is 5.78. The number of nitrogens with two attached hydrogens (primary N) is 1. The third-order valence-electron chi connectivity index (χ3n) is 2.50. The predicted octanol–water partition coefficient (Wildman–Crippen LogP) is 2.94. The van der Waals surface area contributed by atoms with Gasteiger partial charge in [0.05, 0.1) is 17.8 Å². The summed E-state index contributed by atoms with van der Waals surface area (Å²) in [6, 6.07) is 9.46. The summed E-state index contributed by atoms with van der Waals surface area (Å²) in [4.78, 5) is 4.13. The first-order valence-electron chi connectivity index (χ1n) is 5.47. The lowest BCUT2D eigenvalue weighted by Gasteiger charge is -2.09. The number of anilines is 2. The van der Waals surface area contributed by atoms with Crippen molar-refractivity contribution in [1.29, 1.82) is 0 Å². The summed E-state index contributed by atoms with van der Waals surface area (Å²) in [6.07, 6.45) is 1.56. The van der Waals surface area contributed by atoms with Gasteiger partial charge in [-0.15, -0.1) is 0 Å². The second kappa shape index (κ2) is 5.60. The molecule has 0 aliphatic heterocycles. The van der Waals surface area contributed by atoms with Crippen molar-refractivity contribution in [2.75, 3.05) is 18.2 Å². The third-order valence-corrected chi connectivity index (χ3v) is 2.71. The maximum Gasteiger partial charge on any atom is 0.149 e. The molecule has 0 atom stereocenters. The Morgan fingerprint density at radius 1 is 1.33 bits per heavy atom. The van der Waals surface area contributed by atoms with Crippen LogP contribution < -0.4 is 15.8 Å². The number of rotatable bonds is 4. The molecule has 0 aliphatic rings. The molecule has 94 valence electrons. The van der Waals surface area contributed by atoms with Gasteiger partial charge < -0.3 is 15.8 Å². The summed E-state index contributed by atoms with van der Waals surface area (Å²) in [7, 11) is 1.64. The van der Waals surface area contributed by atoms with Crippen LogP contribution in [0.2, 0.25) is 5.02 Å². The molecular formula is C13H14ClN3O. The zero-order valence-corrected chi connectivity index (χ0v) is 10.7. The smallest absolute Gasteiger partial charge is 0.149 e. The minimum Gasteiger partial charge on any atom is -0.497 e. The van der Waals surface area contributed by atoms with Gasteiger partial charge in [-0.3, -0.25) is 0 Å². The van der Waals surface area contributed by atoms with Gasteiger partial charge in [0.25, 0.3) is 0 Å². The van der Waals surface area contributed by atoms with E-state index in [9.17, 15) is 0 Å². The van der Waals surface area contributed by atoms with Gasteiger partial charge in [0.15, 0.2) is 0 Å². The Hall–Kier alpha value is -1.94. The van der Waals surface area contributed by atoms with Crippen molar-refractivity contribution in [3.05, 3.63) is 47.1 Å². The number of hydrogen-bond acceptors (Lipinski definition) is 4. The molecule has 1 aromatic heterocycles. The molecule has 0 radical (unpaired) electrons. The molecule has 2 aromatic rings. The van der Waals surface area contributed by atoms with Crippen LogP contribution in [0.4, 0.5) is 11.5 Å². The normalized spacial score (nSPS) is 10.1. The van der Waals surface area contributed by atoms with Crippen molar-refractivity contribution in [2.24, 2.45) is 0 Å². The SMILES string of the molecule is COc1ccc(CNc2ncc(Cl)cc2N)cc1. The fourth-order valence-electron chi connectivity index (χ4n) is 1.53. The Labute approximate surface area is 111 Å². The summed E-state index contributed by atoms with van der Waals surface area (Å²) < 4.78 is 5.10. The molecule has 0 saturated heterocycles. The van der Waals surface area contributed by atoms with Crippen LogP contribution in [0.3, 0.4) is 0 Å². The van der Waals surface area contributed by atoms with Gasteiger partial charge in [0, 0.05) is 12.7 Å². The van der Waals surface area contributed by atoms with Gasteiger partial charge in [0.2, 0.25) is 0 Å². The molecule has 0 bridgehead atoms. The van der Waals surface area contributed by atoms with Crippen molar-refractivity contribution in [1.82, 2.24) is 4.98 Å². The number of pyridine rings is 1. The second-order valence-corrected chi connectivity index (χ2v) is 4.23. The van der Waals surface area contributed by atoms with E-state index >= 15 is 0 Å². The first kappa shape index (κ1) is 12.5. The minimum atomic E-state index is 0.530. The minimum absolute atomic E-state index is 0.530. The molecule has 1 heterocycles. The molecule has 0 saturated carbocycles. The quantitative estimate of drug-likeness (QED) is 0.890. The lowest BCUT2D eigenvalue weighted by atomic mass is 10.2. The molecule has 0 amide bonds.